The van der Waals surface area contributed by atoms with E-state index in [0.29, 0.717) is 24.7 Å². The summed E-state index contributed by atoms with van der Waals surface area (Å²) < 4.78 is 11.7. The van der Waals surface area contributed by atoms with Gasteiger partial charge in [-0.25, -0.2) is 0 Å². The molecule has 2 rings (SSSR count). The molecule has 1 atom stereocenters. The second kappa shape index (κ2) is 9.90. The van der Waals surface area contributed by atoms with Crippen molar-refractivity contribution in [2.24, 2.45) is 5.73 Å². The van der Waals surface area contributed by atoms with Crippen molar-refractivity contribution in [3.63, 3.8) is 0 Å². The molecule has 0 radical (unpaired) electrons. The summed E-state index contributed by atoms with van der Waals surface area (Å²) in [5, 5.41) is 3.75. The second-order valence-electron chi connectivity index (χ2n) is 6.90. The molecule has 0 aliphatic heterocycles. The largest absolute Gasteiger partial charge is 0.490 e. The van der Waals surface area contributed by atoms with E-state index in [-0.39, 0.29) is 0 Å². The lowest BCUT2D eigenvalue weighted by Crippen LogP contribution is -2.38. The molecule has 1 saturated carbocycles. The van der Waals surface area contributed by atoms with Crippen molar-refractivity contribution >= 4 is 0 Å². The number of nitrogens with one attached hydrogen (secondary N) is 1. The van der Waals surface area contributed by atoms with Gasteiger partial charge in [0, 0.05) is 18.1 Å². The zero-order valence-electron chi connectivity index (χ0n) is 15.5. The Morgan fingerprint density at radius 3 is 2.29 bits per heavy atom. The van der Waals surface area contributed by atoms with Gasteiger partial charge in [-0.05, 0) is 63.1 Å². The molecule has 1 aliphatic rings. The van der Waals surface area contributed by atoms with Gasteiger partial charge in [-0.1, -0.05) is 19.9 Å². The predicted octanol–water partition coefficient (Wildman–Crippen LogP) is 4.18. The molecule has 0 bridgehead atoms. The summed E-state index contributed by atoms with van der Waals surface area (Å²) in [6, 6.07) is 7.58. The van der Waals surface area contributed by atoms with Gasteiger partial charge in [-0.15, -0.1) is 0 Å². The van der Waals surface area contributed by atoms with Gasteiger partial charge in [0.1, 0.15) is 0 Å². The Balaban J connectivity index is 2.02. The number of ether oxygens (including phenoxy) is 2. The van der Waals surface area contributed by atoms with Crippen LogP contribution in [0.15, 0.2) is 18.2 Å². The average molecular weight is 335 g/mol. The first-order valence-corrected chi connectivity index (χ1v) is 9.55. The molecular weight excluding hydrogens is 300 g/mol. The van der Waals surface area contributed by atoms with E-state index in [1.807, 2.05) is 6.07 Å². The van der Waals surface area contributed by atoms with Gasteiger partial charge in [0.2, 0.25) is 0 Å². The topological polar surface area (TPSA) is 56.5 Å². The maximum Gasteiger partial charge on any atom is 0.161 e. The fourth-order valence-electron chi connectivity index (χ4n) is 3.19. The first kappa shape index (κ1) is 19.1. The average Bonchev–Trinajstić information content (AvgIpc) is 2.60. The molecule has 1 aromatic rings. The summed E-state index contributed by atoms with van der Waals surface area (Å²) in [4.78, 5) is 0. The highest BCUT2D eigenvalue weighted by Crippen LogP contribution is 2.31. The third-order valence-electron chi connectivity index (χ3n) is 4.65. The van der Waals surface area contributed by atoms with E-state index in [2.05, 4.69) is 38.2 Å². The quantitative estimate of drug-likeness (QED) is 0.711. The number of hydrogen-bond acceptors (Lipinski definition) is 4. The molecule has 4 heteroatoms. The Morgan fingerprint density at radius 2 is 1.67 bits per heavy atom. The first-order chi connectivity index (χ1) is 11.6. The van der Waals surface area contributed by atoms with E-state index in [1.165, 1.54) is 18.4 Å². The number of nitrogens with two attached hydrogens (primary N) is 1. The molecule has 24 heavy (non-hydrogen) atoms. The van der Waals surface area contributed by atoms with Gasteiger partial charge < -0.3 is 20.5 Å². The Morgan fingerprint density at radius 1 is 1.04 bits per heavy atom. The van der Waals surface area contributed by atoms with Crippen LogP contribution in [0.4, 0.5) is 0 Å². The lowest BCUT2D eigenvalue weighted by molar-refractivity contribution is 0.267. The molecule has 1 unspecified atom stereocenters. The highest BCUT2D eigenvalue weighted by atomic mass is 16.5. The number of rotatable bonds is 9. The van der Waals surface area contributed by atoms with Crippen LogP contribution in [0.2, 0.25) is 0 Å². The fraction of sp³-hybridized carbons (Fsp3) is 0.700. The molecule has 3 N–H and O–H groups in total. The van der Waals surface area contributed by atoms with Crippen LogP contribution in [0.3, 0.4) is 0 Å². The predicted molar refractivity (Wildman–Crippen MR) is 99.8 cm³/mol. The first-order valence-electron chi connectivity index (χ1n) is 9.55. The van der Waals surface area contributed by atoms with Crippen LogP contribution in [0.1, 0.15) is 70.9 Å². The minimum atomic E-state index is 0.300. The molecule has 0 spiro atoms. The molecule has 136 valence electrons. The lowest BCUT2D eigenvalue weighted by atomic mass is 9.91. The maximum absolute atomic E-state index is 6.00. The highest BCUT2D eigenvalue weighted by Gasteiger charge is 2.20. The molecule has 0 heterocycles. The minimum Gasteiger partial charge on any atom is -0.490 e. The zero-order valence-corrected chi connectivity index (χ0v) is 15.5. The van der Waals surface area contributed by atoms with Crippen LogP contribution in [0, 0.1) is 0 Å². The summed E-state index contributed by atoms with van der Waals surface area (Å²) >= 11 is 0. The van der Waals surface area contributed by atoms with Crippen molar-refractivity contribution in [1.29, 1.82) is 0 Å². The Bertz CT molecular complexity index is 485. The summed E-state index contributed by atoms with van der Waals surface area (Å²) in [7, 11) is 0. The third-order valence-corrected chi connectivity index (χ3v) is 4.65. The molecular formula is C20H34N2O2. The standard InChI is InChI=1S/C20H34N2O2/c1-4-12-23-19-11-6-16(14-20(19)24-13-5-2)15(3)22-18-9-7-17(21)8-10-18/h6,11,14-15,17-18,22H,4-5,7-10,12-13,21H2,1-3H3. The molecule has 4 nitrogen and oxygen atoms in total. The SMILES string of the molecule is CCCOc1ccc(C(C)NC2CCC(N)CC2)cc1OCCC. The van der Waals surface area contributed by atoms with Gasteiger partial charge in [-0.3, -0.25) is 0 Å². The van der Waals surface area contributed by atoms with E-state index in [9.17, 15) is 0 Å². The van der Waals surface area contributed by atoms with Crippen LogP contribution in [0.5, 0.6) is 11.5 Å². The molecule has 0 aromatic heterocycles. The number of hydrogen-bond donors (Lipinski definition) is 2. The number of benzene rings is 1. The normalized spacial score (nSPS) is 22.2. The Kier molecular flexibility index (Phi) is 7.86. The summed E-state index contributed by atoms with van der Waals surface area (Å²) in [5.74, 6) is 1.71. The van der Waals surface area contributed by atoms with E-state index >= 15 is 0 Å². The van der Waals surface area contributed by atoms with E-state index in [0.717, 1.165) is 43.8 Å². The van der Waals surface area contributed by atoms with Crippen molar-refractivity contribution in [2.75, 3.05) is 13.2 Å². The summed E-state index contributed by atoms with van der Waals surface area (Å²) in [5.41, 5.74) is 7.25. The fourth-order valence-corrected chi connectivity index (χ4v) is 3.19. The van der Waals surface area contributed by atoms with Crippen molar-refractivity contribution in [3.05, 3.63) is 23.8 Å². The smallest absolute Gasteiger partial charge is 0.161 e. The van der Waals surface area contributed by atoms with Crippen LogP contribution in [-0.2, 0) is 0 Å². The van der Waals surface area contributed by atoms with Gasteiger partial charge in [0.15, 0.2) is 11.5 Å². The third kappa shape index (κ3) is 5.67. The van der Waals surface area contributed by atoms with Crippen molar-refractivity contribution in [1.82, 2.24) is 5.32 Å². The summed E-state index contributed by atoms with van der Waals surface area (Å²) in [6.07, 6.45) is 6.58. The van der Waals surface area contributed by atoms with Crippen molar-refractivity contribution < 1.29 is 9.47 Å². The van der Waals surface area contributed by atoms with Crippen molar-refractivity contribution in [3.8, 4) is 11.5 Å². The zero-order chi connectivity index (χ0) is 17.4. The van der Waals surface area contributed by atoms with Crippen LogP contribution in [-0.4, -0.2) is 25.3 Å². The van der Waals surface area contributed by atoms with E-state index in [1.54, 1.807) is 0 Å². The minimum absolute atomic E-state index is 0.300. The second-order valence-corrected chi connectivity index (χ2v) is 6.90. The summed E-state index contributed by atoms with van der Waals surface area (Å²) in [6.45, 7) is 7.89. The van der Waals surface area contributed by atoms with Gasteiger partial charge in [0.05, 0.1) is 13.2 Å². The van der Waals surface area contributed by atoms with Crippen molar-refractivity contribution in [2.45, 2.75) is 77.4 Å². The highest BCUT2D eigenvalue weighted by molar-refractivity contribution is 5.44. The van der Waals surface area contributed by atoms with Crippen LogP contribution in [0.25, 0.3) is 0 Å². The lowest BCUT2D eigenvalue weighted by Gasteiger charge is -2.30. The van der Waals surface area contributed by atoms with Gasteiger partial charge in [0.25, 0.3) is 0 Å². The monoisotopic (exact) mass is 334 g/mol. The molecule has 1 aliphatic carbocycles. The Hall–Kier alpha value is -1.26. The maximum atomic E-state index is 6.00. The molecule has 0 amide bonds. The van der Waals surface area contributed by atoms with Crippen LogP contribution >= 0.6 is 0 Å². The van der Waals surface area contributed by atoms with E-state index in [4.69, 9.17) is 15.2 Å². The van der Waals surface area contributed by atoms with Crippen LogP contribution < -0.4 is 20.5 Å². The molecule has 1 aromatic carbocycles. The van der Waals surface area contributed by atoms with E-state index < -0.39 is 0 Å². The Labute approximate surface area is 147 Å². The van der Waals surface area contributed by atoms with Gasteiger partial charge >= 0.3 is 0 Å². The van der Waals surface area contributed by atoms with Gasteiger partial charge in [-0.2, -0.15) is 0 Å². The molecule has 0 saturated heterocycles. The molecule has 1 fully saturated rings.